The molecule has 0 amide bonds. The van der Waals surface area contributed by atoms with Crippen LogP contribution in [0.4, 0.5) is 0 Å². The van der Waals surface area contributed by atoms with Crippen LogP contribution >= 0.6 is 0 Å². The maximum absolute atomic E-state index is 12.2. The normalized spacial score (nSPS) is 10.1. The molecule has 0 aliphatic rings. The van der Waals surface area contributed by atoms with Crippen LogP contribution in [0.5, 0.6) is 5.75 Å². The van der Waals surface area contributed by atoms with Crippen LogP contribution in [0.25, 0.3) is 0 Å². The fraction of sp³-hybridized carbons (Fsp3) is 0.0667. The summed E-state index contributed by atoms with van der Waals surface area (Å²) in [7, 11) is 0. The molecule has 0 aliphatic carbocycles. The molecule has 0 aromatic heterocycles. The minimum Gasteiger partial charge on any atom is -0.508 e. The molecule has 0 spiro atoms. The van der Waals surface area contributed by atoms with Crippen molar-refractivity contribution in [1.29, 1.82) is 0 Å². The first-order valence-corrected chi connectivity index (χ1v) is 5.71. The summed E-state index contributed by atoms with van der Waals surface area (Å²) in [5.41, 5.74) is 1.11. The van der Waals surface area contributed by atoms with Crippen LogP contribution in [0.2, 0.25) is 0 Å². The second-order valence-corrected chi connectivity index (χ2v) is 4.11. The first kappa shape index (κ1) is 12.8. The van der Waals surface area contributed by atoms with Crippen molar-refractivity contribution in [2.45, 2.75) is 6.42 Å². The number of rotatable bonds is 4. The van der Waals surface area contributed by atoms with E-state index in [4.69, 9.17) is 5.11 Å². The molecule has 0 atom stereocenters. The summed E-state index contributed by atoms with van der Waals surface area (Å²) in [4.78, 5) is 22.8. The van der Waals surface area contributed by atoms with E-state index in [-0.39, 0.29) is 23.5 Å². The van der Waals surface area contributed by atoms with Gasteiger partial charge in [-0.15, -0.1) is 0 Å². The van der Waals surface area contributed by atoms with Crippen molar-refractivity contribution in [1.82, 2.24) is 0 Å². The van der Waals surface area contributed by atoms with Gasteiger partial charge < -0.3 is 10.2 Å². The Bertz CT molecular complexity index is 617. The highest BCUT2D eigenvalue weighted by molar-refractivity contribution is 6.09. The molecule has 4 nitrogen and oxygen atoms in total. The Morgan fingerprint density at radius 2 is 1.63 bits per heavy atom. The van der Waals surface area contributed by atoms with E-state index in [9.17, 15) is 14.7 Å². The third kappa shape index (κ3) is 2.98. The number of carboxylic acids is 1. The van der Waals surface area contributed by atoms with E-state index < -0.39 is 5.97 Å². The van der Waals surface area contributed by atoms with Crippen LogP contribution in [0.3, 0.4) is 0 Å². The summed E-state index contributed by atoms with van der Waals surface area (Å²) >= 11 is 0. The highest BCUT2D eigenvalue weighted by atomic mass is 16.4. The Morgan fingerprint density at radius 1 is 0.947 bits per heavy atom. The standard InChI is InChI=1S/C15H12O4/c16-13-7-6-11(8-12(13)9-14(17)18)15(19)10-4-2-1-3-5-10/h1-8,16H,9H2,(H,17,18). The summed E-state index contributed by atoms with van der Waals surface area (Å²) in [6, 6.07) is 12.9. The lowest BCUT2D eigenvalue weighted by Gasteiger charge is -2.05. The Labute approximate surface area is 109 Å². The number of hydrogen-bond acceptors (Lipinski definition) is 3. The number of phenols is 1. The van der Waals surface area contributed by atoms with Crippen LogP contribution < -0.4 is 0 Å². The molecule has 96 valence electrons. The van der Waals surface area contributed by atoms with Crippen molar-refractivity contribution in [2.24, 2.45) is 0 Å². The summed E-state index contributed by atoms with van der Waals surface area (Å²) in [6.45, 7) is 0. The predicted octanol–water partition coefficient (Wildman–Crippen LogP) is 2.25. The quantitative estimate of drug-likeness (QED) is 0.823. The number of carbonyl (C=O) groups is 2. The minimum absolute atomic E-state index is 0.119. The van der Waals surface area contributed by atoms with E-state index in [1.54, 1.807) is 24.3 Å². The van der Waals surface area contributed by atoms with Crippen LogP contribution in [-0.4, -0.2) is 22.0 Å². The molecule has 0 radical (unpaired) electrons. The Kier molecular flexibility index (Phi) is 3.61. The van der Waals surface area contributed by atoms with Gasteiger partial charge in [0.1, 0.15) is 5.75 Å². The van der Waals surface area contributed by atoms with Crippen molar-refractivity contribution < 1.29 is 19.8 Å². The van der Waals surface area contributed by atoms with Gasteiger partial charge in [-0.25, -0.2) is 0 Å². The highest BCUT2D eigenvalue weighted by Gasteiger charge is 2.13. The maximum atomic E-state index is 12.2. The van der Waals surface area contributed by atoms with Gasteiger partial charge in [0.15, 0.2) is 5.78 Å². The van der Waals surface area contributed by atoms with Gasteiger partial charge in [0.05, 0.1) is 6.42 Å². The van der Waals surface area contributed by atoms with Gasteiger partial charge >= 0.3 is 5.97 Å². The van der Waals surface area contributed by atoms with Crippen molar-refractivity contribution in [3.05, 3.63) is 65.2 Å². The molecule has 4 heteroatoms. The van der Waals surface area contributed by atoms with Crippen molar-refractivity contribution in [2.75, 3.05) is 0 Å². The van der Waals surface area contributed by atoms with E-state index in [1.807, 2.05) is 6.07 Å². The number of carbonyl (C=O) groups excluding carboxylic acids is 1. The van der Waals surface area contributed by atoms with E-state index in [1.165, 1.54) is 18.2 Å². The molecule has 0 unspecified atom stereocenters. The van der Waals surface area contributed by atoms with Crippen molar-refractivity contribution in [3.63, 3.8) is 0 Å². The van der Waals surface area contributed by atoms with Gasteiger partial charge in [0, 0.05) is 16.7 Å². The zero-order valence-electron chi connectivity index (χ0n) is 10.0. The lowest BCUT2D eigenvalue weighted by Crippen LogP contribution is -2.05. The maximum Gasteiger partial charge on any atom is 0.307 e. The number of aliphatic carboxylic acids is 1. The molecule has 0 aliphatic heterocycles. The van der Waals surface area contributed by atoms with E-state index in [0.717, 1.165) is 0 Å². The van der Waals surface area contributed by atoms with Crippen LogP contribution in [0, 0.1) is 0 Å². The third-order valence-electron chi connectivity index (χ3n) is 2.72. The summed E-state index contributed by atoms with van der Waals surface area (Å²) in [5, 5.41) is 18.3. The van der Waals surface area contributed by atoms with E-state index in [0.29, 0.717) is 11.1 Å². The van der Waals surface area contributed by atoms with Gasteiger partial charge in [0.25, 0.3) is 0 Å². The molecule has 2 aromatic carbocycles. The molecule has 0 saturated carbocycles. The Balaban J connectivity index is 2.36. The number of hydrogen-bond donors (Lipinski definition) is 2. The Hall–Kier alpha value is -2.62. The van der Waals surface area contributed by atoms with Gasteiger partial charge in [-0.3, -0.25) is 9.59 Å². The van der Waals surface area contributed by atoms with Crippen molar-refractivity contribution >= 4 is 11.8 Å². The lowest BCUT2D eigenvalue weighted by molar-refractivity contribution is -0.136. The zero-order chi connectivity index (χ0) is 13.8. The largest absolute Gasteiger partial charge is 0.508 e. The molecule has 2 N–H and O–H groups in total. The molecular weight excluding hydrogens is 244 g/mol. The second-order valence-electron chi connectivity index (χ2n) is 4.11. The third-order valence-corrected chi connectivity index (χ3v) is 2.72. The van der Waals surface area contributed by atoms with Gasteiger partial charge in [-0.1, -0.05) is 30.3 Å². The zero-order valence-corrected chi connectivity index (χ0v) is 10.0. The monoisotopic (exact) mass is 256 g/mol. The predicted molar refractivity (Wildman–Crippen MR) is 69.3 cm³/mol. The summed E-state index contributed by atoms with van der Waals surface area (Å²) < 4.78 is 0. The smallest absolute Gasteiger partial charge is 0.307 e. The minimum atomic E-state index is -1.06. The number of benzene rings is 2. The van der Waals surface area contributed by atoms with Gasteiger partial charge in [0.2, 0.25) is 0 Å². The van der Waals surface area contributed by atoms with E-state index >= 15 is 0 Å². The topological polar surface area (TPSA) is 74.6 Å². The second kappa shape index (κ2) is 5.35. The average molecular weight is 256 g/mol. The molecule has 2 aromatic rings. The Morgan fingerprint density at radius 3 is 2.26 bits per heavy atom. The first-order chi connectivity index (χ1) is 9.08. The molecule has 19 heavy (non-hydrogen) atoms. The SMILES string of the molecule is O=C(O)Cc1cc(C(=O)c2ccccc2)ccc1O. The van der Waals surface area contributed by atoms with Crippen LogP contribution in [0.1, 0.15) is 21.5 Å². The van der Waals surface area contributed by atoms with Crippen molar-refractivity contribution in [3.8, 4) is 5.75 Å². The van der Waals surface area contributed by atoms with Gasteiger partial charge in [-0.05, 0) is 18.2 Å². The first-order valence-electron chi connectivity index (χ1n) is 5.71. The molecule has 0 bridgehead atoms. The average Bonchev–Trinajstić information content (AvgIpc) is 2.41. The van der Waals surface area contributed by atoms with Gasteiger partial charge in [-0.2, -0.15) is 0 Å². The highest BCUT2D eigenvalue weighted by Crippen LogP contribution is 2.21. The summed E-state index contributed by atoms with van der Waals surface area (Å²) in [5.74, 6) is -1.38. The van der Waals surface area contributed by atoms with E-state index in [2.05, 4.69) is 0 Å². The van der Waals surface area contributed by atoms with Crippen LogP contribution in [-0.2, 0) is 11.2 Å². The molecule has 0 fully saturated rings. The molecule has 0 saturated heterocycles. The molecular formula is C15H12O4. The number of aromatic hydroxyl groups is 1. The number of phenolic OH excluding ortho intramolecular Hbond substituents is 1. The molecule has 0 heterocycles. The molecule has 2 rings (SSSR count). The fourth-order valence-corrected chi connectivity index (χ4v) is 1.79. The fourth-order valence-electron chi connectivity index (χ4n) is 1.79. The number of ketones is 1. The van der Waals surface area contributed by atoms with Crippen LogP contribution in [0.15, 0.2) is 48.5 Å². The lowest BCUT2D eigenvalue weighted by atomic mass is 10.00. The number of carboxylic acid groups (broad SMARTS) is 1. The summed E-state index contributed by atoms with van der Waals surface area (Å²) in [6.07, 6.45) is -0.318.